The lowest BCUT2D eigenvalue weighted by Crippen LogP contribution is -2.60. The van der Waals surface area contributed by atoms with Crippen molar-refractivity contribution in [2.75, 3.05) is 24.5 Å². The molecule has 0 aromatic heterocycles. The van der Waals surface area contributed by atoms with Crippen molar-refractivity contribution in [2.45, 2.75) is 32.2 Å². The van der Waals surface area contributed by atoms with Crippen LogP contribution in [0.15, 0.2) is 30.3 Å². The second-order valence-electron chi connectivity index (χ2n) is 4.67. The van der Waals surface area contributed by atoms with Crippen molar-refractivity contribution in [1.82, 2.24) is 5.32 Å². The molecule has 2 rings (SSSR count). The predicted molar refractivity (Wildman–Crippen MR) is 70.0 cm³/mol. The molecule has 0 atom stereocenters. The summed E-state index contributed by atoms with van der Waals surface area (Å²) in [7, 11) is 0. The number of benzene rings is 1. The molecule has 2 nitrogen and oxygen atoms in total. The number of nitrogens with one attached hydrogen (secondary N) is 1. The lowest BCUT2D eigenvalue weighted by molar-refractivity contribution is 0.277. The predicted octanol–water partition coefficient (Wildman–Crippen LogP) is 2.66. The van der Waals surface area contributed by atoms with Gasteiger partial charge < -0.3 is 10.2 Å². The molecular formula is C14H22N2. The summed E-state index contributed by atoms with van der Waals surface area (Å²) in [5, 5.41) is 3.69. The SMILES string of the molecule is CCC1(CC)CN(c2ccccc2)CCN1. The molecule has 0 bridgehead atoms. The average molecular weight is 218 g/mol. The van der Waals surface area contributed by atoms with Crippen molar-refractivity contribution < 1.29 is 0 Å². The van der Waals surface area contributed by atoms with E-state index in [1.54, 1.807) is 0 Å². The molecule has 1 N–H and O–H groups in total. The highest BCUT2D eigenvalue weighted by Gasteiger charge is 2.31. The first kappa shape index (κ1) is 11.5. The van der Waals surface area contributed by atoms with Gasteiger partial charge in [-0.1, -0.05) is 32.0 Å². The summed E-state index contributed by atoms with van der Waals surface area (Å²) in [6, 6.07) is 10.7. The molecule has 16 heavy (non-hydrogen) atoms. The zero-order valence-electron chi connectivity index (χ0n) is 10.4. The molecule has 2 heteroatoms. The van der Waals surface area contributed by atoms with E-state index >= 15 is 0 Å². The minimum atomic E-state index is 0.314. The van der Waals surface area contributed by atoms with Crippen LogP contribution in [0.5, 0.6) is 0 Å². The van der Waals surface area contributed by atoms with E-state index in [2.05, 4.69) is 54.4 Å². The standard InChI is InChI=1S/C14H22N2/c1-3-14(4-2)12-16(11-10-15-14)13-8-6-5-7-9-13/h5-9,15H,3-4,10-12H2,1-2H3. The third-order valence-corrected chi connectivity index (χ3v) is 3.85. The van der Waals surface area contributed by atoms with Crippen LogP contribution in [-0.2, 0) is 0 Å². The topological polar surface area (TPSA) is 15.3 Å². The Bertz CT molecular complexity index is 317. The minimum Gasteiger partial charge on any atom is -0.368 e. The minimum absolute atomic E-state index is 0.314. The highest BCUT2D eigenvalue weighted by Crippen LogP contribution is 2.24. The summed E-state index contributed by atoms with van der Waals surface area (Å²) in [5.41, 5.74) is 1.67. The van der Waals surface area contributed by atoms with Crippen LogP contribution in [0.4, 0.5) is 5.69 Å². The van der Waals surface area contributed by atoms with Gasteiger partial charge in [0.1, 0.15) is 0 Å². The van der Waals surface area contributed by atoms with Gasteiger partial charge in [-0.2, -0.15) is 0 Å². The average Bonchev–Trinajstić information content (AvgIpc) is 2.40. The van der Waals surface area contributed by atoms with Gasteiger partial charge >= 0.3 is 0 Å². The molecule has 1 fully saturated rings. The van der Waals surface area contributed by atoms with Gasteiger partial charge in [-0.25, -0.2) is 0 Å². The van der Waals surface area contributed by atoms with E-state index in [9.17, 15) is 0 Å². The second kappa shape index (κ2) is 4.88. The van der Waals surface area contributed by atoms with Crippen molar-refractivity contribution in [3.8, 4) is 0 Å². The van der Waals surface area contributed by atoms with Crippen LogP contribution in [0, 0.1) is 0 Å². The number of hydrogen-bond acceptors (Lipinski definition) is 2. The molecule has 0 saturated carbocycles. The molecule has 0 amide bonds. The first-order valence-electron chi connectivity index (χ1n) is 6.35. The zero-order chi connectivity index (χ0) is 11.4. The molecule has 0 radical (unpaired) electrons. The van der Waals surface area contributed by atoms with Gasteiger partial charge in [0.15, 0.2) is 0 Å². The molecule has 1 aromatic rings. The maximum Gasteiger partial charge on any atom is 0.0367 e. The lowest BCUT2D eigenvalue weighted by Gasteiger charge is -2.44. The first-order chi connectivity index (χ1) is 7.79. The molecule has 0 aliphatic carbocycles. The largest absolute Gasteiger partial charge is 0.368 e. The van der Waals surface area contributed by atoms with Crippen molar-refractivity contribution in [1.29, 1.82) is 0 Å². The Morgan fingerprint density at radius 3 is 2.50 bits per heavy atom. The molecule has 0 unspecified atom stereocenters. The van der Waals surface area contributed by atoms with Crippen LogP contribution < -0.4 is 10.2 Å². The molecule has 1 aliphatic heterocycles. The Kier molecular flexibility index (Phi) is 3.49. The second-order valence-corrected chi connectivity index (χ2v) is 4.67. The van der Waals surface area contributed by atoms with Gasteiger partial charge in [0.05, 0.1) is 0 Å². The molecular weight excluding hydrogens is 196 g/mol. The van der Waals surface area contributed by atoms with Gasteiger partial charge in [-0.05, 0) is 25.0 Å². The van der Waals surface area contributed by atoms with Crippen molar-refractivity contribution in [3.63, 3.8) is 0 Å². The summed E-state index contributed by atoms with van der Waals surface area (Å²) >= 11 is 0. The normalized spacial score (nSPS) is 19.8. The first-order valence-corrected chi connectivity index (χ1v) is 6.35. The number of nitrogens with zero attached hydrogens (tertiary/aromatic N) is 1. The van der Waals surface area contributed by atoms with E-state index in [0.717, 1.165) is 19.6 Å². The summed E-state index contributed by atoms with van der Waals surface area (Å²) in [5.74, 6) is 0. The van der Waals surface area contributed by atoms with Gasteiger partial charge in [0.2, 0.25) is 0 Å². The van der Waals surface area contributed by atoms with E-state index in [1.807, 2.05) is 0 Å². The summed E-state index contributed by atoms with van der Waals surface area (Å²) in [6.45, 7) is 7.91. The molecule has 1 aromatic carbocycles. The van der Waals surface area contributed by atoms with E-state index < -0.39 is 0 Å². The number of anilines is 1. The van der Waals surface area contributed by atoms with Crippen LogP contribution in [0.2, 0.25) is 0 Å². The summed E-state index contributed by atoms with van der Waals surface area (Å²) in [6.07, 6.45) is 2.40. The maximum atomic E-state index is 3.69. The van der Waals surface area contributed by atoms with Crippen molar-refractivity contribution in [2.24, 2.45) is 0 Å². The fourth-order valence-corrected chi connectivity index (χ4v) is 2.54. The quantitative estimate of drug-likeness (QED) is 0.839. The molecule has 1 saturated heterocycles. The Labute approximate surface area is 98.7 Å². The summed E-state index contributed by atoms with van der Waals surface area (Å²) < 4.78 is 0. The van der Waals surface area contributed by atoms with Crippen molar-refractivity contribution in [3.05, 3.63) is 30.3 Å². The Morgan fingerprint density at radius 2 is 1.88 bits per heavy atom. The van der Waals surface area contributed by atoms with Gasteiger partial charge in [0, 0.05) is 30.9 Å². The van der Waals surface area contributed by atoms with Crippen LogP contribution in [0.1, 0.15) is 26.7 Å². The van der Waals surface area contributed by atoms with E-state index in [4.69, 9.17) is 0 Å². The Hall–Kier alpha value is -1.02. The lowest BCUT2D eigenvalue weighted by atomic mass is 9.90. The monoisotopic (exact) mass is 218 g/mol. The van der Waals surface area contributed by atoms with E-state index in [-0.39, 0.29) is 0 Å². The third-order valence-electron chi connectivity index (χ3n) is 3.85. The molecule has 88 valence electrons. The van der Waals surface area contributed by atoms with E-state index in [1.165, 1.54) is 18.5 Å². The van der Waals surface area contributed by atoms with Crippen LogP contribution in [-0.4, -0.2) is 25.2 Å². The summed E-state index contributed by atoms with van der Waals surface area (Å²) in [4.78, 5) is 2.50. The van der Waals surface area contributed by atoms with Crippen LogP contribution in [0.3, 0.4) is 0 Å². The number of hydrogen-bond donors (Lipinski definition) is 1. The Morgan fingerprint density at radius 1 is 1.19 bits per heavy atom. The third kappa shape index (κ3) is 2.22. The molecule has 1 heterocycles. The fraction of sp³-hybridized carbons (Fsp3) is 0.571. The zero-order valence-corrected chi connectivity index (χ0v) is 10.4. The maximum absolute atomic E-state index is 3.69. The highest BCUT2D eigenvalue weighted by molar-refractivity contribution is 5.47. The number of piperazine rings is 1. The number of para-hydroxylation sites is 1. The fourth-order valence-electron chi connectivity index (χ4n) is 2.54. The van der Waals surface area contributed by atoms with Crippen molar-refractivity contribution >= 4 is 5.69 Å². The van der Waals surface area contributed by atoms with Gasteiger partial charge in [-0.15, -0.1) is 0 Å². The molecule has 0 spiro atoms. The number of rotatable bonds is 3. The van der Waals surface area contributed by atoms with Crippen LogP contribution >= 0.6 is 0 Å². The van der Waals surface area contributed by atoms with Gasteiger partial charge in [-0.3, -0.25) is 0 Å². The van der Waals surface area contributed by atoms with Crippen LogP contribution in [0.25, 0.3) is 0 Å². The van der Waals surface area contributed by atoms with E-state index in [0.29, 0.717) is 5.54 Å². The smallest absolute Gasteiger partial charge is 0.0367 e. The molecule has 1 aliphatic rings. The highest BCUT2D eigenvalue weighted by atomic mass is 15.2. The van der Waals surface area contributed by atoms with Gasteiger partial charge in [0.25, 0.3) is 0 Å². The Balaban J connectivity index is 2.13.